The van der Waals surface area contributed by atoms with E-state index < -0.39 is 0 Å². The molecule has 0 spiro atoms. The molecule has 4 aliphatic rings. The Bertz CT molecular complexity index is 785. The molecule has 2 aromatic heterocycles. The minimum Gasteiger partial charge on any atom is -1.00 e. The summed E-state index contributed by atoms with van der Waals surface area (Å²) in [6.07, 6.45) is 20.7. The highest BCUT2D eigenvalue weighted by molar-refractivity contribution is 7.10. The fraction of sp³-hybridized carbons (Fsp3) is 0.458. The largest absolute Gasteiger partial charge is 1.00 e. The molecule has 0 atom stereocenters. The van der Waals surface area contributed by atoms with E-state index in [1.807, 2.05) is 0 Å². The number of halogens is 1. The molecule has 0 N–H and O–H groups in total. The van der Waals surface area contributed by atoms with Gasteiger partial charge >= 0.3 is 0 Å². The van der Waals surface area contributed by atoms with Crippen LogP contribution in [0.5, 0.6) is 0 Å². The average molecular weight is 442 g/mol. The highest BCUT2D eigenvalue weighted by Gasteiger charge is 2.49. The summed E-state index contributed by atoms with van der Waals surface area (Å²) in [5.74, 6) is 3.08. The Hall–Kier alpha value is -1.19. The molecular weight excluding hydrogens is 414 g/mol. The number of nitrogens with zero attached hydrogens (tertiary/aromatic N) is 1. The predicted molar refractivity (Wildman–Crippen MR) is 110 cm³/mol. The predicted octanol–water partition coefficient (Wildman–Crippen LogP) is 2.98. The van der Waals surface area contributed by atoms with E-state index in [4.69, 9.17) is 0 Å². The van der Waals surface area contributed by atoms with Crippen molar-refractivity contribution >= 4 is 23.5 Å². The van der Waals surface area contributed by atoms with Crippen LogP contribution in [0, 0.1) is 23.2 Å². The molecule has 3 heteroatoms. The van der Waals surface area contributed by atoms with Gasteiger partial charge in [-0.05, 0) is 91.4 Å². The van der Waals surface area contributed by atoms with E-state index >= 15 is 0 Å². The van der Waals surface area contributed by atoms with Gasteiger partial charge in [-0.25, -0.2) is 0 Å². The third kappa shape index (κ3) is 4.14. The number of allylic oxidation sites excluding steroid dienone is 2. The molecule has 27 heavy (non-hydrogen) atoms. The molecule has 0 aromatic carbocycles. The van der Waals surface area contributed by atoms with Crippen molar-refractivity contribution in [2.45, 2.75) is 45.1 Å². The van der Waals surface area contributed by atoms with Crippen LogP contribution in [0.2, 0.25) is 0 Å². The van der Waals surface area contributed by atoms with Crippen LogP contribution in [-0.2, 0) is 6.54 Å². The fourth-order valence-corrected chi connectivity index (χ4v) is 6.78. The molecule has 142 valence electrons. The van der Waals surface area contributed by atoms with Crippen LogP contribution in [0.4, 0.5) is 0 Å². The first-order valence-corrected chi connectivity index (χ1v) is 11.0. The number of aromatic nitrogens is 1. The highest BCUT2D eigenvalue weighted by atomic mass is 79.9. The first kappa shape index (κ1) is 19.1. The summed E-state index contributed by atoms with van der Waals surface area (Å²) in [6.45, 7) is 0.979. The topological polar surface area (TPSA) is 3.88 Å². The van der Waals surface area contributed by atoms with E-state index in [0.29, 0.717) is 5.41 Å². The normalized spacial score (nSPS) is 31.6. The van der Waals surface area contributed by atoms with Gasteiger partial charge in [-0.1, -0.05) is 12.1 Å². The van der Waals surface area contributed by atoms with Gasteiger partial charge in [-0.2, -0.15) is 4.57 Å². The summed E-state index contributed by atoms with van der Waals surface area (Å²) in [7, 11) is 0. The minimum atomic E-state index is 0. The van der Waals surface area contributed by atoms with Gasteiger partial charge in [-0.3, -0.25) is 0 Å². The van der Waals surface area contributed by atoms with Gasteiger partial charge in [0.25, 0.3) is 0 Å². The van der Waals surface area contributed by atoms with E-state index in [0.717, 1.165) is 24.3 Å². The molecule has 1 nitrogen and oxygen atoms in total. The van der Waals surface area contributed by atoms with Crippen molar-refractivity contribution in [2.24, 2.45) is 23.2 Å². The molecule has 4 aliphatic carbocycles. The van der Waals surface area contributed by atoms with Gasteiger partial charge in [0, 0.05) is 23.1 Å². The summed E-state index contributed by atoms with van der Waals surface area (Å²) >= 11 is 1.79. The van der Waals surface area contributed by atoms with Crippen molar-refractivity contribution in [3.63, 3.8) is 0 Å². The van der Waals surface area contributed by atoms with Crippen LogP contribution < -0.4 is 21.5 Å². The van der Waals surface area contributed by atoms with Gasteiger partial charge in [0.1, 0.15) is 0 Å². The van der Waals surface area contributed by atoms with Crippen molar-refractivity contribution in [3.05, 3.63) is 64.6 Å². The lowest BCUT2D eigenvalue weighted by molar-refractivity contribution is -0.688. The third-order valence-electron chi connectivity index (χ3n) is 6.80. The molecule has 0 unspecified atom stereocenters. The van der Waals surface area contributed by atoms with Gasteiger partial charge in [-0.15, -0.1) is 11.3 Å². The third-order valence-corrected chi connectivity index (χ3v) is 7.63. The van der Waals surface area contributed by atoms with Gasteiger partial charge in [0.15, 0.2) is 12.7 Å². The maximum atomic E-state index is 2.62. The van der Waals surface area contributed by atoms with Crippen molar-refractivity contribution < 1.29 is 21.5 Å². The van der Waals surface area contributed by atoms with E-state index in [2.05, 4.69) is 70.8 Å². The number of thiophene rings is 1. The number of hydrogen-bond acceptors (Lipinski definition) is 1. The second kappa shape index (κ2) is 8.05. The fourth-order valence-electron chi connectivity index (χ4n) is 6.16. The van der Waals surface area contributed by atoms with E-state index in [1.165, 1.54) is 49.1 Å². The molecule has 4 fully saturated rings. The molecule has 4 saturated carbocycles. The van der Waals surface area contributed by atoms with Gasteiger partial charge < -0.3 is 17.0 Å². The lowest BCUT2D eigenvalue weighted by Gasteiger charge is -2.55. The molecule has 0 saturated heterocycles. The van der Waals surface area contributed by atoms with Crippen LogP contribution in [0.1, 0.15) is 49.1 Å². The quantitative estimate of drug-likeness (QED) is 0.495. The highest BCUT2D eigenvalue weighted by Crippen LogP contribution is 2.60. The van der Waals surface area contributed by atoms with E-state index in [1.54, 1.807) is 11.3 Å². The lowest BCUT2D eigenvalue weighted by Crippen LogP contribution is -3.00. The summed E-state index contributed by atoms with van der Waals surface area (Å²) in [4.78, 5) is 1.31. The van der Waals surface area contributed by atoms with Crippen molar-refractivity contribution in [3.8, 4) is 0 Å². The molecule has 2 heterocycles. The first-order chi connectivity index (χ1) is 12.8. The lowest BCUT2D eigenvalue weighted by atomic mass is 9.49. The van der Waals surface area contributed by atoms with Crippen LogP contribution in [0.25, 0.3) is 12.2 Å². The zero-order valence-electron chi connectivity index (χ0n) is 15.8. The van der Waals surface area contributed by atoms with Gasteiger partial charge in [0.2, 0.25) is 5.69 Å². The molecule has 0 radical (unpaired) electrons. The maximum absolute atomic E-state index is 2.62. The monoisotopic (exact) mass is 441 g/mol. The van der Waals surface area contributed by atoms with Crippen LogP contribution in [-0.4, -0.2) is 0 Å². The smallest absolute Gasteiger partial charge is 0.205 e. The second-order valence-electron chi connectivity index (χ2n) is 8.81. The SMILES string of the molecule is C(=C\C12CC3CC(CC(C3)C1)C2)/C[n+]1ccccc1/C=C/c1cccs1.[Br-]. The standard InChI is InChI=1S/C24H28NS.BrH/c1-2-10-25(22(5-1)7-8-23-6-3-12-26-23)11-4-9-24-16-19-13-20(17-24)15-21(14-19)18-24;/h1-10,12,19-21H,11,13-18H2;1H/q+1;/p-1/b8-7+,9-4+;. The van der Waals surface area contributed by atoms with Crippen molar-refractivity contribution in [1.29, 1.82) is 0 Å². The maximum Gasteiger partial charge on any atom is 0.205 e. The van der Waals surface area contributed by atoms with Crippen molar-refractivity contribution in [2.75, 3.05) is 0 Å². The summed E-state index contributed by atoms with van der Waals surface area (Å²) in [6, 6.07) is 10.8. The number of rotatable bonds is 5. The first-order valence-electron chi connectivity index (χ1n) is 10.2. The summed E-state index contributed by atoms with van der Waals surface area (Å²) in [5, 5.41) is 2.13. The summed E-state index contributed by atoms with van der Waals surface area (Å²) in [5.41, 5.74) is 1.81. The Morgan fingerprint density at radius 1 is 0.963 bits per heavy atom. The Morgan fingerprint density at radius 2 is 1.70 bits per heavy atom. The average Bonchev–Trinajstić information content (AvgIpc) is 3.13. The molecule has 4 bridgehead atoms. The van der Waals surface area contributed by atoms with Crippen LogP contribution in [0.3, 0.4) is 0 Å². The molecule has 0 amide bonds. The number of pyridine rings is 1. The Labute approximate surface area is 177 Å². The molecule has 6 rings (SSSR count). The zero-order valence-corrected chi connectivity index (χ0v) is 18.2. The molecule has 0 aliphatic heterocycles. The van der Waals surface area contributed by atoms with Crippen LogP contribution in [0.15, 0.2) is 54.1 Å². The molecular formula is C24H28BrNS. The Morgan fingerprint density at radius 3 is 2.37 bits per heavy atom. The zero-order chi connectivity index (χ0) is 17.4. The second-order valence-corrected chi connectivity index (χ2v) is 9.79. The van der Waals surface area contributed by atoms with Crippen molar-refractivity contribution in [1.82, 2.24) is 0 Å². The van der Waals surface area contributed by atoms with Crippen LogP contribution >= 0.6 is 11.3 Å². The Balaban J connectivity index is 0.00000180. The molecule has 2 aromatic rings. The summed E-state index contributed by atoms with van der Waals surface area (Å²) < 4.78 is 2.36. The minimum absolute atomic E-state index is 0. The number of hydrogen-bond donors (Lipinski definition) is 0. The van der Waals surface area contributed by atoms with E-state index in [9.17, 15) is 0 Å². The van der Waals surface area contributed by atoms with Gasteiger partial charge in [0.05, 0.1) is 0 Å². The Kier molecular flexibility index (Phi) is 5.70. The van der Waals surface area contributed by atoms with E-state index in [-0.39, 0.29) is 17.0 Å².